The van der Waals surface area contributed by atoms with Crippen LogP contribution < -0.4 is 20.5 Å². The molecule has 1 saturated heterocycles. The molecule has 1 aromatic carbocycles. The highest BCUT2D eigenvalue weighted by atomic mass is 16.5. The number of methoxy groups -OCH3 is 2. The number of nitrogens with zero attached hydrogens (tertiary/aromatic N) is 1. The number of hydrogen-bond donors (Lipinski definition) is 2. The number of amides is 2. The molecule has 0 spiro atoms. The zero-order valence-electron chi connectivity index (χ0n) is 11.2. The minimum absolute atomic E-state index is 0.0427. The molecule has 0 saturated carbocycles. The normalized spacial score (nSPS) is 18.4. The molecule has 3 N–H and O–H groups in total. The van der Waals surface area contributed by atoms with Crippen molar-refractivity contribution in [2.24, 2.45) is 5.73 Å². The standard InChI is InChI=1S/C13H19N3O3/c1-18-11-4-3-9(7-12(11)19-2)10-8-16(6-5-14)13(17)15-10/h3-4,7,10H,5-6,8,14H2,1-2H3,(H,15,17). The van der Waals surface area contributed by atoms with Crippen LogP contribution in [0.5, 0.6) is 11.5 Å². The summed E-state index contributed by atoms with van der Waals surface area (Å²) in [4.78, 5) is 13.4. The van der Waals surface area contributed by atoms with Crippen molar-refractivity contribution in [2.45, 2.75) is 6.04 Å². The Morgan fingerprint density at radius 1 is 1.37 bits per heavy atom. The van der Waals surface area contributed by atoms with Crippen LogP contribution in [0, 0.1) is 0 Å². The molecule has 0 aliphatic carbocycles. The fourth-order valence-electron chi connectivity index (χ4n) is 2.20. The molecule has 1 aromatic rings. The van der Waals surface area contributed by atoms with Crippen molar-refractivity contribution in [3.05, 3.63) is 23.8 Å². The number of nitrogens with one attached hydrogen (secondary N) is 1. The van der Waals surface area contributed by atoms with Gasteiger partial charge in [0.2, 0.25) is 0 Å². The molecule has 1 unspecified atom stereocenters. The van der Waals surface area contributed by atoms with Gasteiger partial charge in [-0.3, -0.25) is 0 Å². The van der Waals surface area contributed by atoms with E-state index in [1.807, 2.05) is 18.2 Å². The maximum absolute atomic E-state index is 11.7. The van der Waals surface area contributed by atoms with Crippen molar-refractivity contribution in [3.63, 3.8) is 0 Å². The van der Waals surface area contributed by atoms with Crippen LogP contribution in [0.15, 0.2) is 18.2 Å². The first-order valence-corrected chi connectivity index (χ1v) is 6.17. The molecule has 0 radical (unpaired) electrons. The zero-order valence-corrected chi connectivity index (χ0v) is 11.2. The quantitative estimate of drug-likeness (QED) is 0.823. The number of rotatable bonds is 5. The van der Waals surface area contributed by atoms with Crippen molar-refractivity contribution < 1.29 is 14.3 Å². The number of hydrogen-bond acceptors (Lipinski definition) is 4. The van der Waals surface area contributed by atoms with Crippen molar-refractivity contribution >= 4 is 6.03 Å². The van der Waals surface area contributed by atoms with Gasteiger partial charge in [0.25, 0.3) is 0 Å². The summed E-state index contributed by atoms with van der Waals surface area (Å²) in [5.74, 6) is 1.33. The minimum Gasteiger partial charge on any atom is -0.493 e. The SMILES string of the molecule is COc1ccc(C2CN(CCN)C(=O)N2)cc1OC. The molecule has 1 aliphatic rings. The predicted molar refractivity (Wildman–Crippen MR) is 71.4 cm³/mol. The highest BCUT2D eigenvalue weighted by Crippen LogP contribution is 2.31. The first-order chi connectivity index (χ1) is 9.19. The molecular weight excluding hydrogens is 246 g/mol. The summed E-state index contributed by atoms with van der Waals surface area (Å²) < 4.78 is 10.5. The Labute approximate surface area is 112 Å². The molecule has 104 valence electrons. The van der Waals surface area contributed by atoms with Crippen molar-refractivity contribution in [2.75, 3.05) is 33.9 Å². The third kappa shape index (κ3) is 2.73. The summed E-state index contributed by atoms with van der Waals surface area (Å²) in [6, 6.07) is 5.53. The summed E-state index contributed by atoms with van der Waals surface area (Å²) in [6.45, 7) is 1.65. The average molecular weight is 265 g/mol. The van der Waals surface area contributed by atoms with Crippen LogP contribution in [0.1, 0.15) is 11.6 Å². The maximum Gasteiger partial charge on any atom is 0.318 e. The van der Waals surface area contributed by atoms with Gasteiger partial charge in [-0.2, -0.15) is 0 Å². The van der Waals surface area contributed by atoms with Crippen molar-refractivity contribution in [1.82, 2.24) is 10.2 Å². The second-order valence-electron chi connectivity index (χ2n) is 4.35. The fraction of sp³-hybridized carbons (Fsp3) is 0.462. The highest BCUT2D eigenvalue weighted by molar-refractivity contribution is 5.77. The molecule has 2 amide bonds. The van der Waals surface area contributed by atoms with E-state index in [0.29, 0.717) is 31.1 Å². The minimum atomic E-state index is -0.0785. The van der Waals surface area contributed by atoms with Crippen LogP contribution >= 0.6 is 0 Å². The lowest BCUT2D eigenvalue weighted by molar-refractivity contribution is 0.218. The Morgan fingerprint density at radius 2 is 2.11 bits per heavy atom. The lowest BCUT2D eigenvalue weighted by Gasteiger charge is -2.14. The Morgan fingerprint density at radius 3 is 2.74 bits per heavy atom. The summed E-state index contributed by atoms with van der Waals surface area (Å²) in [5.41, 5.74) is 6.47. The molecule has 0 bridgehead atoms. The maximum atomic E-state index is 11.7. The van der Waals surface area contributed by atoms with Crippen LogP contribution in [0.2, 0.25) is 0 Å². The van der Waals surface area contributed by atoms with E-state index in [1.165, 1.54) is 0 Å². The van der Waals surface area contributed by atoms with Gasteiger partial charge in [0.05, 0.1) is 20.3 Å². The topological polar surface area (TPSA) is 76.8 Å². The zero-order chi connectivity index (χ0) is 13.8. The molecule has 1 heterocycles. The molecule has 6 heteroatoms. The van der Waals surface area contributed by atoms with Gasteiger partial charge in [0.15, 0.2) is 11.5 Å². The summed E-state index contributed by atoms with van der Waals surface area (Å²) >= 11 is 0. The van der Waals surface area contributed by atoms with Crippen LogP contribution in [-0.4, -0.2) is 44.8 Å². The van der Waals surface area contributed by atoms with Crippen LogP contribution in [0.3, 0.4) is 0 Å². The smallest absolute Gasteiger partial charge is 0.318 e. The monoisotopic (exact) mass is 265 g/mol. The number of nitrogens with two attached hydrogens (primary N) is 1. The van der Waals surface area contributed by atoms with E-state index in [1.54, 1.807) is 19.1 Å². The van der Waals surface area contributed by atoms with E-state index in [9.17, 15) is 4.79 Å². The number of carbonyl (C=O) groups excluding carboxylic acids is 1. The van der Waals surface area contributed by atoms with Gasteiger partial charge in [0.1, 0.15) is 0 Å². The largest absolute Gasteiger partial charge is 0.493 e. The highest BCUT2D eigenvalue weighted by Gasteiger charge is 2.29. The van der Waals surface area contributed by atoms with Gasteiger partial charge in [-0.15, -0.1) is 0 Å². The van der Waals surface area contributed by atoms with Gasteiger partial charge in [0, 0.05) is 19.6 Å². The summed E-state index contributed by atoms with van der Waals surface area (Å²) in [7, 11) is 3.19. The van der Waals surface area contributed by atoms with Crippen LogP contribution in [-0.2, 0) is 0 Å². The third-order valence-electron chi connectivity index (χ3n) is 3.20. The second-order valence-corrected chi connectivity index (χ2v) is 4.35. The van der Waals surface area contributed by atoms with Gasteiger partial charge in [-0.05, 0) is 17.7 Å². The van der Waals surface area contributed by atoms with E-state index in [-0.39, 0.29) is 12.1 Å². The molecule has 6 nitrogen and oxygen atoms in total. The number of urea groups is 1. The van der Waals surface area contributed by atoms with Gasteiger partial charge < -0.3 is 25.4 Å². The number of benzene rings is 1. The Bertz CT molecular complexity index is 464. The third-order valence-corrected chi connectivity index (χ3v) is 3.20. The molecule has 2 rings (SSSR count). The van der Waals surface area contributed by atoms with E-state index >= 15 is 0 Å². The molecule has 19 heavy (non-hydrogen) atoms. The Balaban J connectivity index is 2.17. The predicted octanol–water partition coefficient (Wildman–Crippen LogP) is 0.729. The van der Waals surface area contributed by atoms with Crippen LogP contribution in [0.4, 0.5) is 4.79 Å². The molecular formula is C13H19N3O3. The van der Waals surface area contributed by atoms with E-state index in [2.05, 4.69) is 5.32 Å². The lowest BCUT2D eigenvalue weighted by atomic mass is 10.1. The van der Waals surface area contributed by atoms with Crippen LogP contribution in [0.25, 0.3) is 0 Å². The second kappa shape index (κ2) is 5.79. The van der Waals surface area contributed by atoms with Crippen molar-refractivity contribution in [1.29, 1.82) is 0 Å². The molecule has 1 fully saturated rings. The summed E-state index contributed by atoms with van der Waals surface area (Å²) in [5, 5.41) is 2.93. The lowest BCUT2D eigenvalue weighted by Crippen LogP contribution is -2.32. The molecule has 0 aromatic heterocycles. The van der Waals surface area contributed by atoms with E-state index in [0.717, 1.165) is 5.56 Å². The van der Waals surface area contributed by atoms with Crippen molar-refractivity contribution in [3.8, 4) is 11.5 Å². The van der Waals surface area contributed by atoms with Gasteiger partial charge >= 0.3 is 6.03 Å². The number of ether oxygens (including phenoxy) is 2. The van der Waals surface area contributed by atoms with E-state index in [4.69, 9.17) is 15.2 Å². The van der Waals surface area contributed by atoms with Gasteiger partial charge in [-0.25, -0.2) is 4.79 Å². The molecule has 1 atom stereocenters. The molecule has 1 aliphatic heterocycles. The Hall–Kier alpha value is -1.95. The first-order valence-electron chi connectivity index (χ1n) is 6.17. The fourth-order valence-corrected chi connectivity index (χ4v) is 2.20. The Kier molecular flexibility index (Phi) is 4.11. The van der Waals surface area contributed by atoms with Gasteiger partial charge in [-0.1, -0.05) is 6.07 Å². The van der Waals surface area contributed by atoms with E-state index < -0.39 is 0 Å². The number of carbonyl (C=O) groups is 1. The first kappa shape index (κ1) is 13.5. The summed E-state index contributed by atoms with van der Waals surface area (Å²) in [6.07, 6.45) is 0. The average Bonchev–Trinajstić information content (AvgIpc) is 2.80.